The van der Waals surface area contributed by atoms with E-state index in [0.717, 1.165) is 41.7 Å². The van der Waals surface area contributed by atoms with Gasteiger partial charge in [-0.05, 0) is 30.5 Å². The molecular weight excluding hydrogens is 320 g/mol. The molecule has 1 heterocycles. The minimum atomic E-state index is 0.167. The number of nitrogens with zero attached hydrogens (tertiary/aromatic N) is 1. The lowest BCUT2D eigenvalue weighted by Gasteiger charge is -2.17. The number of benzene rings is 1. The Labute approximate surface area is 127 Å². The number of halogens is 1. The van der Waals surface area contributed by atoms with Crippen molar-refractivity contribution in [1.82, 2.24) is 10.2 Å². The average molecular weight is 339 g/mol. The summed E-state index contributed by atoms with van der Waals surface area (Å²) in [7, 11) is 1.89. The number of hydrogen-bond donors (Lipinski definition) is 1. The van der Waals surface area contributed by atoms with Gasteiger partial charge < -0.3 is 15.0 Å². The zero-order valence-corrected chi connectivity index (χ0v) is 13.2. The SMILES string of the molecule is CN(C(=O)CNCc1cc(Br)cc2c1OCC2)C1CC1. The molecule has 0 radical (unpaired) electrons. The van der Waals surface area contributed by atoms with Gasteiger partial charge in [0.05, 0.1) is 13.2 Å². The molecule has 1 aromatic carbocycles. The van der Waals surface area contributed by atoms with Gasteiger partial charge in [0.25, 0.3) is 0 Å². The van der Waals surface area contributed by atoms with Crippen molar-refractivity contribution in [3.05, 3.63) is 27.7 Å². The van der Waals surface area contributed by atoms with Crippen molar-refractivity contribution in [3.63, 3.8) is 0 Å². The van der Waals surface area contributed by atoms with Crippen LogP contribution in [0, 0.1) is 0 Å². The fraction of sp³-hybridized carbons (Fsp3) is 0.533. The molecule has 1 saturated carbocycles. The van der Waals surface area contributed by atoms with Crippen LogP contribution in [0.4, 0.5) is 0 Å². The molecule has 0 bridgehead atoms. The Morgan fingerprint density at radius 3 is 3.05 bits per heavy atom. The molecule has 1 N–H and O–H groups in total. The predicted octanol–water partition coefficient (Wildman–Crippen LogP) is 2.09. The number of carbonyl (C=O) groups is 1. The number of nitrogens with one attached hydrogen (secondary N) is 1. The van der Waals surface area contributed by atoms with Crippen molar-refractivity contribution in [2.24, 2.45) is 0 Å². The van der Waals surface area contributed by atoms with E-state index in [2.05, 4.69) is 33.4 Å². The fourth-order valence-electron chi connectivity index (χ4n) is 2.57. The predicted molar refractivity (Wildman–Crippen MR) is 80.8 cm³/mol. The van der Waals surface area contributed by atoms with Crippen LogP contribution in [-0.4, -0.2) is 37.0 Å². The molecule has 1 amide bonds. The van der Waals surface area contributed by atoms with Crippen molar-refractivity contribution >= 4 is 21.8 Å². The standard InChI is InChI=1S/C15H19BrN2O2/c1-18(13-2-3-13)14(19)9-17-8-11-7-12(16)6-10-4-5-20-15(10)11/h6-7,13,17H,2-5,8-9H2,1H3. The number of hydrogen-bond acceptors (Lipinski definition) is 3. The molecule has 0 atom stereocenters. The summed E-state index contributed by atoms with van der Waals surface area (Å²) in [6.45, 7) is 1.79. The Morgan fingerprint density at radius 1 is 1.50 bits per heavy atom. The van der Waals surface area contributed by atoms with E-state index in [1.165, 1.54) is 5.56 Å². The maximum Gasteiger partial charge on any atom is 0.236 e. The molecule has 1 aliphatic heterocycles. The van der Waals surface area contributed by atoms with Gasteiger partial charge in [-0.2, -0.15) is 0 Å². The van der Waals surface area contributed by atoms with Gasteiger partial charge in [-0.3, -0.25) is 4.79 Å². The summed E-state index contributed by atoms with van der Waals surface area (Å²) in [5.74, 6) is 1.16. The quantitative estimate of drug-likeness (QED) is 0.893. The van der Waals surface area contributed by atoms with Crippen LogP contribution in [-0.2, 0) is 17.8 Å². The molecule has 108 valence electrons. The molecule has 0 spiro atoms. The molecular formula is C15H19BrN2O2. The van der Waals surface area contributed by atoms with Crippen LogP contribution >= 0.6 is 15.9 Å². The van der Waals surface area contributed by atoms with E-state index in [1.807, 2.05) is 11.9 Å². The lowest BCUT2D eigenvalue weighted by atomic mass is 10.1. The van der Waals surface area contributed by atoms with Gasteiger partial charge in [0.2, 0.25) is 5.91 Å². The van der Waals surface area contributed by atoms with Crippen LogP contribution < -0.4 is 10.1 Å². The van der Waals surface area contributed by atoms with E-state index in [1.54, 1.807) is 0 Å². The van der Waals surface area contributed by atoms with Crippen LogP contribution in [0.3, 0.4) is 0 Å². The topological polar surface area (TPSA) is 41.6 Å². The first-order chi connectivity index (χ1) is 9.65. The Morgan fingerprint density at radius 2 is 2.30 bits per heavy atom. The number of rotatable bonds is 5. The Hall–Kier alpha value is -1.07. The fourth-order valence-corrected chi connectivity index (χ4v) is 3.12. The summed E-state index contributed by atoms with van der Waals surface area (Å²) >= 11 is 3.53. The first-order valence-corrected chi connectivity index (χ1v) is 7.85. The number of ether oxygens (including phenoxy) is 1. The highest BCUT2D eigenvalue weighted by atomic mass is 79.9. The van der Waals surface area contributed by atoms with E-state index in [9.17, 15) is 4.79 Å². The third kappa shape index (κ3) is 2.99. The van der Waals surface area contributed by atoms with E-state index in [4.69, 9.17) is 4.74 Å². The molecule has 5 heteroatoms. The summed E-state index contributed by atoms with van der Waals surface area (Å²) in [5.41, 5.74) is 2.37. The Balaban J connectivity index is 1.57. The van der Waals surface area contributed by atoms with E-state index >= 15 is 0 Å². The minimum absolute atomic E-state index is 0.167. The molecule has 1 aromatic rings. The lowest BCUT2D eigenvalue weighted by molar-refractivity contribution is -0.129. The summed E-state index contributed by atoms with van der Waals surface area (Å²) < 4.78 is 6.75. The molecule has 4 nitrogen and oxygen atoms in total. The lowest BCUT2D eigenvalue weighted by Crippen LogP contribution is -2.36. The van der Waals surface area contributed by atoms with Gasteiger partial charge in [0, 0.05) is 36.1 Å². The third-order valence-electron chi connectivity index (χ3n) is 3.91. The largest absolute Gasteiger partial charge is 0.493 e. The van der Waals surface area contributed by atoms with Gasteiger partial charge in [-0.25, -0.2) is 0 Å². The average Bonchev–Trinajstić information content (AvgIpc) is 3.16. The van der Waals surface area contributed by atoms with Crippen LogP contribution in [0.2, 0.25) is 0 Å². The van der Waals surface area contributed by atoms with Gasteiger partial charge in [0.1, 0.15) is 5.75 Å². The second kappa shape index (κ2) is 5.74. The Bertz CT molecular complexity index is 529. The zero-order chi connectivity index (χ0) is 14.1. The zero-order valence-electron chi connectivity index (χ0n) is 11.6. The van der Waals surface area contributed by atoms with Gasteiger partial charge in [-0.1, -0.05) is 15.9 Å². The first kappa shape index (κ1) is 13.9. The van der Waals surface area contributed by atoms with Gasteiger partial charge in [-0.15, -0.1) is 0 Å². The van der Waals surface area contributed by atoms with Crippen LogP contribution in [0.15, 0.2) is 16.6 Å². The highest BCUT2D eigenvalue weighted by Crippen LogP contribution is 2.32. The molecule has 3 rings (SSSR count). The highest BCUT2D eigenvalue weighted by molar-refractivity contribution is 9.10. The normalized spacial score (nSPS) is 16.7. The summed E-state index contributed by atoms with van der Waals surface area (Å²) in [6.07, 6.45) is 3.26. The maximum atomic E-state index is 11.9. The molecule has 0 unspecified atom stereocenters. The Kier molecular flexibility index (Phi) is 3.98. The van der Waals surface area contributed by atoms with Crippen LogP contribution in [0.5, 0.6) is 5.75 Å². The van der Waals surface area contributed by atoms with Crippen molar-refractivity contribution in [3.8, 4) is 5.75 Å². The van der Waals surface area contributed by atoms with Crippen LogP contribution in [0.25, 0.3) is 0 Å². The van der Waals surface area contributed by atoms with Crippen molar-refractivity contribution in [2.75, 3.05) is 20.2 Å². The number of amides is 1. The first-order valence-electron chi connectivity index (χ1n) is 7.05. The summed E-state index contributed by atoms with van der Waals surface area (Å²) in [5, 5.41) is 3.23. The molecule has 0 saturated heterocycles. The molecule has 2 aliphatic rings. The van der Waals surface area contributed by atoms with Crippen molar-refractivity contribution in [2.45, 2.75) is 31.8 Å². The van der Waals surface area contributed by atoms with Crippen LogP contribution in [0.1, 0.15) is 24.0 Å². The number of carbonyl (C=O) groups excluding carboxylic acids is 1. The summed E-state index contributed by atoms with van der Waals surface area (Å²) in [4.78, 5) is 13.8. The monoisotopic (exact) mass is 338 g/mol. The highest BCUT2D eigenvalue weighted by Gasteiger charge is 2.29. The minimum Gasteiger partial charge on any atom is -0.493 e. The molecule has 1 aliphatic carbocycles. The van der Waals surface area contributed by atoms with Crippen molar-refractivity contribution < 1.29 is 9.53 Å². The second-order valence-corrected chi connectivity index (χ2v) is 6.41. The number of likely N-dealkylation sites (N-methyl/N-ethyl adjacent to an activating group) is 1. The molecule has 20 heavy (non-hydrogen) atoms. The van der Waals surface area contributed by atoms with E-state index in [0.29, 0.717) is 19.1 Å². The third-order valence-corrected chi connectivity index (χ3v) is 4.36. The summed E-state index contributed by atoms with van der Waals surface area (Å²) in [6, 6.07) is 4.65. The van der Waals surface area contributed by atoms with Gasteiger partial charge in [0.15, 0.2) is 0 Å². The van der Waals surface area contributed by atoms with E-state index < -0.39 is 0 Å². The maximum absolute atomic E-state index is 11.9. The molecule has 0 aromatic heterocycles. The number of fused-ring (bicyclic) bond motifs is 1. The second-order valence-electron chi connectivity index (χ2n) is 5.49. The van der Waals surface area contributed by atoms with E-state index in [-0.39, 0.29) is 5.91 Å². The van der Waals surface area contributed by atoms with Crippen molar-refractivity contribution in [1.29, 1.82) is 0 Å². The van der Waals surface area contributed by atoms with Gasteiger partial charge >= 0.3 is 0 Å². The molecule has 1 fully saturated rings. The smallest absolute Gasteiger partial charge is 0.236 e.